The van der Waals surface area contributed by atoms with Gasteiger partial charge in [0.15, 0.2) is 5.13 Å². The Bertz CT molecular complexity index is 1070. The lowest BCUT2D eigenvalue weighted by Crippen LogP contribution is -2.20. The smallest absolute Gasteiger partial charge is 0.326 e. The zero-order chi connectivity index (χ0) is 18.6. The standard InChI is InChI=1S/C16H16N8OS2/c1-24-12(3-6-21-24)22-15(25)23-16-18-8-10(27-16)2-5-17-14-13-11(4-7-26-13)19-9-20-14/h3-4,6-9H,2,5H2,1H3,(H,17,19,20)(H2,18,22,23,25). The molecule has 3 N–H and O–H groups in total. The van der Waals surface area contributed by atoms with Crippen LogP contribution in [0.3, 0.4) is 0 Å². The molecule has 0 spiro atoms. The number of nitrogens with zero attached hydrogens (tertiary/aromatic N) is 5. The molecule has 0 aliphatic rings. The lowest BCUT2D eigenvalue weighted by atomic mass is 10.3. The average molecular weight is 400 g/mol. The van der Waals surface area contributed by atoms with Crippen LogP contribution in [0.5, 0.6) is 0 Å². The number of thiophene rings is 1. The van der Waals surface area contributed by atoms with Crippen LogP contribution < -0.4 is 16.0 Å². The van der Waals surface area contributed by atoms with Crippen molar-refractivity contribution in [1.82, 2.24) is 24.7 Å². The Morgan fingerprint density at radius 3 is 3.00 bits per heavy atom. The van der Waals surface area contributed by atoms with Gasteiger partial charge in [-0.3, -0.25) is 15.3 Å². The van der Waals surface area contributed by atoms with Crippen molar-refractivity contribution in [2.24, 2.45) is 7.05 Å². The molecule has 4 aromatic rings. The second-order valence-electron chi connectivity index (χ2n) is 5.58. The van der Waals surface area contributed by atoms with Gasteiger partial charge in [-0.15, -0.1) is 22.7 Å². The third-order valence-corrected chi connectivity index (χ3v) is 5.63. The Morgan fingerprint density at radius 2 is 2.15 bits per heavy atom. The van der Waals surface area contributed by atoms with E-state index in [0.717, 1.165) is 27.3 Å². The van der Waals surface area contributed by atoms with Gasteiger partial charge < -0.3 is 5.32 Å². The fourth-order valence-corrected chi connectivity index (χ4v) is 4.06. The molecule has 27 heavy (non-hydrogen) atoms. The first-order valence-corrected chi connectivity index (χ1v) is 9.81. The number of hydrogen-bond donors (Lipinski definition) is 3. The summed E-state index contributed by atoms with van der Waals surface area (Å²) in [6.45, 7) is 0.715. The summed E-state index contributed by atoms with van der Waals surface area (Å²) in [6, 6.07) is 3.35. The van der Waals surface area contributed by atoms with Crippen LogP contribution in [0.25, 0.3) is 10.2 Å². The first-order valence-electron chi connectivity index (χ1n) is 8.12. The molecular weight excluding hydrogens is 384 g/mol. The number of amides is 2. The van der Waals surface area contributed by atoms with Crippen molar-refractivity contribution in [3.05, 3.63) is 41.1 Å². The normalized spacial score (nSPS) is 10.9. The summed E-state index contributed by atoms with van der Waals surface area (Å²) in [6.07, 6.45) is 5.73. The molecule has 4 heterocycles. The zero-order valence-electron chi connectivity index (χ0n) is 14.3. The maximum atomic E-state index is 12.0. The fraction of sp³-hybridized carbons (Fsp3) is 0.188. The van der Waals surface area contributed by atoms with Crippen LogP contribution in [-0.2, 0) is 13.5 Å². The summed E-state index contributed by atoms with van der Waals surface area (Å²) in [4.78, 5) is 25.9. The Labute approximate surface area is 162 Å². The van der Waals surface area contributed by atoms with Crippen LogP contribution in [0.15, 0.2) is 36.2 Å². The predicted molar refractivity (Wildman–Crippen MR) is 108 cm³/mol. The van der Waals surface area contributed by atoms with E-state index in [9.17, 15) is 4.79 Å². The van der Waals surface area contributed by atoms with E-state index in [1.54, 1.807) is 47.9 Å². The van der Waals surface area contributed by atoms with E-state index in [1.807, 2.05) is 11.4 Å². The number of hydrogen-bond acceptors (Lipinski definition) is 8. The summed E-state index contributed by atoms with van der Waals surface area (Å²) in [7, 11) is 1.76. The molecule has 0 aromatic carbocycles. The molecule has 11 heteroatoms. The van der Waals surface area contributed by atoms with Gasteiger partial charge in [-0.1, -0.05) is 0 Å². The highest BCUT2D eigenvalue weighted by Gasteiger charge is 2.09. The monoisotopic (exact) mass is 400 g/mol. The van der Waals surface area contributed by atoms with Crippen LogP contribution in [0.1, 0.15) is 4.88 Å². The Kier molecular flexibility index (Phi) is 4.94. The van der Waals surface area contributed by atoms with Gasteiger partial charge in [-0.05, 0) is 11.4 Å². The second-order valence-corrected chi connectivity index (χ2v) is 7.62. The quantitative estimate of drug-likeness (QED) is 0.459. The summed E-state index contributed by atoms with van der Waals surface area (Å²) in [5, 5.41) is 15.3. The number of carbonyl (C=O) groups excluding carboxylic acids is 1. The van der Waals surface area contributed by atoms with Crippen molar-refractivity contribution < 1.29 is 4.79 Å². The number of aryl methyl sites for hydroxylation is 1. The highest BCUT2D eigenvalue weighted by atomic mass is 32.1. The van der Waals surface area contributed by atoms with Crippen molar-refractivity contribution in [2.75, 3.05) is 22.5 Å². The molecule has 9 nitrogen and oxygen atoms in total. The number of aromatic nitrogens is 5. The number of thiazole rings is 1. The molecule has 0 aliphatic heterocycles. The van der Waals surface area contributed by atoms with Gasteiger partial charge >= 0.3 is 6.03 Å². The number of nitrogens with one attached hydrogen (secondary N) is 3. The summed E-state index contributed by atoms with van der Waals surface area (Å²) in [5.74, 6) is 1.45. The number of anilines is 3. The van der Waals surface area contributed by atoms with Crippen molar-refractivity contribution in [1.29, 1.82) is 0 Å². The largest absolute Gasteiger partial charge is 0.368 e. The second kappa shape index (κ2) is 7.68. The predicted octanol–water partition coefficient (Wildman–Crippen LogP) is 3.18. The van der Waals surface area contributed by atoms with Crippen molar-refractivity contribution in [2.45, 2.75) is 6.42 Å². The van der Waals surface area contributed by atoms with Gasteiger partial charge in [0, 0.05) is 37.2 Å². The van der Waals surface area contributed by atoms with Crippen molar-refractivity contribution in [3.63, 3.8) is 0 Å². The number of rotatable bonds is 6. The molecule has 0 fully saturated rings. The molecule has 0 aliphatic carbocycles. The maximum absolute atomic E-state index is 12.0. The summed E-state index contributed by atoms with van der Waals surface area (Å²) >= 11 is 3.06. The number of urea groups is 1. The van der Waals surface area contributed by atoms with E-state index in [2.05, 4.69) is 36.0 Å². The van der Waals surface area contributed by atoms with Gasteiger partial charge in [-0.2, -0.15) is 5.10 Å². The minimum absolute atomic E-state index is 0.348. The Balaban J connectivity index is 1.30. The van der Waals surface area contributed by atoms with Crippen LogP contribution in [0.4, 0.5) is 21.6 Å². The lowest BCUT2D eigenvalue weighted by molar-refractivity contribution is 0.262. The molecule has 138 valence electrons. The molecule has 2 amide bonds. The molecule has 0 bridgehead atoms. The summed E-state index contributed by atoms with van der Waals surface area (Å²) in [5.41, 5.74) is 0.946. The molecular formula is C16H16N8OS2. The van der Waals surface area contributed by atoms with E-state index in [0.29, 0.717) is 17.5 Å². The molecule has 0 radical (unpaired) electrons. The molecule has 0 atom stereocenters. The summed E-state index contributed by atoms with van der Waals surface area (Å²) < 4.78 is 2.63. The first kappa shape index (κ1) is 17.4. The molecule has 0 saturated carbocycles. The van der Waals surface area contributed by atoms with Crippen LogP contribution in [0, 0.1) is 0 Å². The van der Waals surface area contributed by atoms with Crippen molar-refractivity contribution >= 4 is 55.7 Å². The van der Waals surface area contributed by atoms with Gasteiger partial charge in [0.25, 0.3) is 0 Å². The van der Waals surface area contributed by atoms with Crippen molar-refractivity contribution in [3.8, 4) is 0 Å². The highest BCUT2D eigenvalue weighted by Crippen LogP contribution is 2.25. The van der Waals surface area contributed by atoms with Gasteiger partial charge in [-0.25, -0.2) is 19.7 Å². The van der Waals surface area contributed by atoms with E-state index in [1.165, 1.54) is 11.3 Å². The molecule has 0 unspecified atom stereocenters. The minimum Gasteiger partial charge on any atom is -0.368 e. The third-order valence-electron chi connectivity index (χ3n) is 3.74. The van der Waals surface area contributed by atoms with E-state index in [4.69, 9.17) is 0 Å². The Morgan fingerprint density at radius 1 is 1.22 bits per heavy atom. The highest BCUT2D eigenvalue weighted by molar-refractivity contribution is 7.17. The third kappa shape index (κ3) is 4.04. The number of fused-ring (bicyclic) bond motifs is 1. The van der Waals surface area contributed by atoms with Crippen LogP contribution >= 0.6 is 22.7 Å². The van der Waals surface area contributed by atoms with E-state index >= 15 is 0 Å². The van der Waals surface area contributed by atoms with Gasteiger partial charge in [0.2, 0.25) is 0 Å². The number of carbonyl (C=O) groups is 1. The van der Waals surface area contributed by atoms with E-state index in [-0.39, 0.29) is 6.03 Å². The lowest BCUT2D eigenvalue weighted by Gasteiger charge is -2.05. The Hall–Kier alpha value is -3.05. The zero-order valence-corrected chi connectivity index (χ0v) is 16.0. The maximum Gasteiger partial charge on any atom is 0.326 e. The van der Waals surface area contributed by atoms with Crippen LogP contribution in [0.2, 0.25) is 0 Å². The van der Waals surface area contributed by atoms with Crippen LogP contribution in [-0.4, -0.2) is 37.3 Å². The average Bonchev–Trinajstić information content (AvgIpc) is 3.38. The SMILES string of the molecule is Cn1nccc1NC(=O)Nc1ncc(CCNc2ncnc3ccsc23)s1. The van der Waals surface area contributed by atoms with Gasteiger partial charge in [0.1, 0.15) is 18.0 Å². The topological polar surface area (TPSA) is 110 Å². The molecule has 4 aromatic heterocycles. The fourth-order valence-electron chi connectivity index (χ4n) is 2.44. The first-order chi connectivity index (χ1) is 13.2. The minimum atomic E-state index is -0.348. The van der Waals surface area contributed by atoms with Gasteiger partial charge in [0.05, 0.1) is 16.4 Å². The van der Waals surface area contributed by atoms with E-state index < -0.39 is 0 Å². The molecule has 0 saturated heterocycles. The molecule has 4 rings (SSSR count).